The molecule has 0 atom stereocenters. The number of carbonyl (C=O) groups is 2. The maximum atomic E-state index is 12.2. The number of hydrogen-bond donors (Lipinski definition) is 2. The van der Waals surface area contributed by atoms with Gasteiger partial charge in [-0.15, -0.1) is 0 Å². The van der Waals surface area contributed by atoms with Gasteiger partial charge in [0, 0.05) is 18.9 Å². The van der Waals surface area contributed by atoms with Crippen LogP contribution >= 0.6 is 0 Å². The largest absolute Gasteiger partial charge is 0.366 e. The second-order valence-electron chi connectivity index (χ2n) is 5.32. The molecular weight excluding hydrogens is 266 g/mol. The average Bonchev–Trinajstić information content (AvgIpc) is 2.81. The van der Waals surface area contributed by atoms with Gasteiger partial charge in [-0.3, -0.25) is 9.59 Å². The highest BCUT2D eigenvalue weighted by molar-refractivity contribution is 6.05. The van der Waals surface area contributed by atoms with Crippen LogP contribution in [0.3, 0.4) is 0 Å². The minimum Gasteiger partial charge on any atom is -0.366 e. The number of rotatable bonds is 4. The summed E-state index contributed by atoms with van der Waals surface area (Å²) in [6.45, 7) is 4.23. The van der Waals surface area contributed by atoms with Crippen molar-refractivity contribution in [1.82, 2.24) is 4.57 Å². The lowest BCUT2D eigenvalue weighted by Crippen LogP contribution is -2.15. The van der Waals surface area contributed by atoms with E-state index in [1.165, 1.54) is 11.6 Å². The Morgan fingerprint density at radius 2 is 1.81 bits per heavy atom. The summed E-state index contributed by atoms with van der Waals surface area (Å²) in [5.41, 5.74) is 7.84. The van der Waals surface area contributed by atoms with E-state index in [2.05, 4.69) is 19.2 Å². The van der Waals surface area contributed by atoms with Crippen molar-refractivity contribution < 1.29 is 9.59 Å². The molecule has 0 aliphatic rings. The molecule has 2 amide bonds. The van der Waals surface area contributed by atoms with Gasteiger partial charge in [0.05, 0.1) is 5.56 Å². The molecule has 2 rings (SSSR count). The van der Waals surface area contributed by atoms with Crippen molar-refractivity contribution in [3.63, 3.8) is 0 Å². The van der Waals surface area contributed by atoms with Crippen LogP contribution in [0.15, 0.2) is 36.5 Å². The third-order valence-corrected chi connectivity index (χ3v) is 3.36. The molecule has 0 saturated carbocycles. The molecule has 0 aliphatic heterocycles. The van der Waals surface area contributed by atoms with Crippen LogP contribution in [0.25, 0.3) is 0 Å². The highest BCUT2D eigenvalue weighted by Crippen LogP contribution is 2.18. The highest BCUT2D eigenvalue weighted by Gasteiger charge is 2.14. The van der Waals surface area contributed by atoms with Crippen LogP contribution < -0.4 is 11.1 Å². The first-order valence-electron chi connectivity index (χ1n) is 6.76. The molecule has 0 unspecified atom stereocenters. The van der Waals surface area contributed by atoms with E-state index in [0.717, 1.165) is 0 Å². The van der Waals surface area contributed by atoms with Crippen molar-refractivity contribution >= 4 is 17.5 Å². The minimum atomic E-state index is -0.550. The van der Waals surface area contributed by atoms with E-state index < -0.39 is 5.91 Å². The van der Waals surface area contributed by atoms with Crippen molar-refractivity contribution in [3.05, 3.63) is 53.3 Å². The molecule has 21 heavy (non-hydrogen) atoms. The molecule has 5 nitrogen and oxygen atoms in total. The van der Waals surface area contributed by atoms with Crippen molar-refractivity contribution in [2.75, 3.05) is 5.32 Å². The monoisotopic (exact) mass is 285 g/mol. The molecule has 0 bridgehead atoms. The Labute approximate surface area is 123 Å². The number of amides is 2. The molecule has 110 valence electrons. The number of benzene rings is 1. The number of nitrogens with two attached hydrogens (primary N) is 1. The van der Waals surface area contributed by atoms with Crippen molar-refractivity contribution in [1.29, 1.82) is 0 Å². The van der Waals surface area contributed by atoms with Gasteiger partial charge in [-0.25, -0.2) is 0 Å². The molecular formula is C16H19N3O2. The molecule has 3 N–H and O–H groups in total. The van der Waals surface area contributed by atoms with E-state index in [1.54, 1.807) is 17.8 Å². The lowest BCUT2D eigenvalue weighted by molar-refractivity contribution is 0.0998. The van der Waals surface area contributed by atoms with E-state index in [9.17, 15) is 9.59 Å². The normalized spacial score (nSPS) is 10.7. The Morgan fingerprint density at radius 3 is 2.29 bits per heavy atom. The molecule has 0 spiro atoms. The van der Waals surface area contributed by atoms with Crippen LogP contribution in [0.5, 0.6) is 0 Å². The van der Waals surface area contributed by atoms with Crippen molar-refractivity contribution in [3.8, 4) is 0 Å². The van der Waals surface area contributed by atoms with Gasteiger partial charge in [-0.2, -0.15) is 0 Å². The summed E-state index contributed by atoms with van der Waals surface area (Å²) in [6.07, 6.45) is 1.54. The molecule has 0 aliphatic carbocycles. The van der Waals surface area contributed by atoms with Crippen molar-refractivity contribution in [2.24, 2.45) is 12.8 Å². The van der Waals surface area contributed by atoms with E-state index in [4.69, 9.17) is 5.73 Å². The lowest BCUT2D eigenvalue weighted by atomic mass is 10.0. The van der Waals surface area contributed by atoms with Gasteiger partial charge in [0.2, 0.25) is 5.91 Å². The predicted octanol–water partition coefficient (Wildman–Crippen LogP) is 2.50. The Bertz CT molecular complexity index is 669. The van der Waals surface area contributed by atoms with Gasteiger partial charge in [0.1, 0.15) is 5.69 Å². The Morgan fingerprint density at radius 1 is 1.19 bits per heavy atom. The Hall–Kier alpha value is -2.56. The van der Waals surface area contributed by atoms with E-state index in [-0.39, 0.29) is 5.91 Å². The van der Waals surface area contributed by atoms with Gasteiger partial charge in [-0.05, 0) is 29.7 Å². The molecule has 0 saturated heterocycles. The number of nitrogens with one attached hydrogen (secondary N) is 1. The quantitative estimate of drug-likeness (QED) is 0.905. The Kier molecular flexibility index (Phi) is 4.12. The predicted molar refractivity (Wildman–Crippen MR) is 82.4 cm³/mol. The third kappa shape index (κ3) is 3.31. The van der Waals surface area contributed by atoms with Gasteiger partial charge >= 0.3 is 0 Å². The highest BCUT2D eigenvalue weighted by atomic mass is 16.2. The van der Waals surface area contributed by atoms with E-state index in [0.29, 0.717) is 22.9 Å². The number of carbonyl (C=O) groups excluding carboxylic acids is 2. The zero-order chi connectivity index (χ0) is 15.6. The van der Waals surface area contributed by atoms with Gasteiger partial charge in [0.15, 0.2) is 0 Å². The number of anilines is 1. The number of aryl methyl sites for hydroxylation is 1. The molecule has 1 aromatic heterocycles. The number of hydrogen-bond acceptors (Lipinski definition) is 2. The van der Waals surface area contributed by atoms with Crippen molar-refractivity contribution in [2.45, 2.75) is 19.8 Å². The fraction of sp³-hybridized carbons (Fsp3) is 0.250. The van der Waals surface area contributed by atoms with E-state index >= 15 is 0 Å². The van der Waals surface area contributed by atoms with Crippen LogP contribution in [0.2, 0.25) is 0 Å². The van der Waals surface area contributed by atoms with Crippen LogP contribution in [0, 0.1) is 0 Å². The molecule has 0 fully saturated rings. The number of primary amides is 1. The molecule has 2 aromatic rings. The summed E-state index contributed by atoms with van der Waals surface area (Å²) in [5, 5.41) is 2.81. The van der Waals surface area contributed by atoms with Crippen LogP contribution in [-0.2, 0) is 7.05 Å². The standard InChI is InChI=1S/C16H19N3O2/c1-10(2)11-4-6-13(7-5-11)18-16(21)14-8-12(15(17)20)9-19(14)3/h4-10H,1-3H3,(H2,17,20)(H,18,21). The molecule has 1 aromatic carbocycles. The summed E-state index contributed by atoms with van der Waals surface area (Å²) < 4.78 is 1.58. The second-order valence-corrected chi connectivity index (χ2v) is 5.32. The zero-order valence-corrected chi connectivity index (χ0v) is 12.4. The molecule has 1 heterocycles. The van der Waals surface area contributed by atoms with E-state index in [1.807, 2.05) is 24.3 Å². The SMILES string of the molecule is CC(C)c1ccc(NC(=O)c2cc(C(N)=O)cn2C)cc1. The number of aromatic nitrogens is 1. The lowest BCUT2D eigenvalue weighted by Gasteiger charge is -2.08. The summed E-state index contributed by atoms with van der Waals surface area (Å²) in [7, 11) is 1.70. The summed E-state index contributed by atoms with van der Waals surface area (Å²) in [6, 6.07) is 9.19. The second kappa shape index (κ2) is 5.83. The van der Waals surface area contributed by atoms with Gasteiger partial charge < -0.3 is 15.6 Å². The smallest absolute Gasteiger partial charge is 0.272 e. The van der Waals surface area contributed by atoms with Crippen LogP contribution in [0.1, 0.15) is 46.2 Å². The summed E-state index contributed by atoms with van der Waals surface area (Å²) >= 11 is 0. The molecule has 5 heteroatoms. The van der Waals surface area contributed by atoms with Gasteiger partial charge in [-0.1, -0.05) is 26.0 Å². The fourth-order valence-corrected chi connectivity index (χ4v) is 2.07. The topological polar surface area (TPSA) is 77.1 Å². The zero-order valence-electron chi connectivity index (χ0n) is 12.4. The maximum Gasteiger partial charge on any atom is 0.272 e. The molecule has 0 radical (unpaired) electrons. The van der Waals surface area contributed by atoms with Crippen LogP contribution in [0.4, 0.5) is 5.69 Å². The third-order valence-electron chi connectivity index (χ3n) is 3.36. The van der Waals surface area contributed by atoms with Crippen LogP contribution in [-0.4, -0.2) is 16.4 Å². The average molecular weight is 285 g/mol. The Balaban J connectivity index is 2.16. The fourth-order valence-electron chi connectivity index (χ4n) is 2.07. The number of nitrogens with zero attached hydrogens (tertiary/aromatic N) is 1. The summed E-state index contributed by atoms with van der Waals surface area (Å²) in [5.74, 6) is -0.381. The van der Waals surface area contributed by atoms with Gasteiger partial charge in [0.25, 0.3) is 5.91 Å². The first-order chi connectivity index (χ1) is 9.88. The summed E-state index contributed by atoms with van der Waals surface area (Å²) in [4.78, 5) is 23.3. The first-order valence-corrected chi connectivity index (χ1v) is 6.76. The first kappa shape index (κ1) is 14.8. The maximum absolute atomic E-state index is 12.2. The minimum absolute atomic E-state index is 0.276.